The van der Waals surface area contributed by atoms with Gasteiger partial charge >= 0.3 is 0 Å². The van der Waals surface area contributed by atoms with Crippen molar-refractivity contribution in [2.45, 2.75) is 45.1 Å². The predicted molar refractivity (Wildman–Crippen MR) is 89.1 cm³/mol. The molecule has 1 saturated heterocycles. The predicted octanol–water partition coefficient (Wildman–Crippen LogP) is 3.30. The average Bonchev–Trinajstić information content (AvgIpc) is 3.23. The number of piperidine rings is 1. The van der Waals surface area contributed by atoms with Crippen molar-refractivity contribution in [2.24, 2.45) is 0 Å². The molecule has 3 rings (SSSR count). The highest BCUT2D eigenvalue weighted by molar-refractivity contribution is 7.09. The summed E-state index contributed by atoms with van der Waals surface area (Å²) in [5.74, 6) is 1.41. The molecule has 0 radical (unpaired) electrons. The van der Waals surface area contributed by atoms with Crippen LogP contribution in [0.1, 0.15) is 42.9 Å². The molecule has 1 aliphatic rings. The van der Waals surface area contributed by atoms with E-state index in [1.54, 1.807) is 11.3 Å². The number of thiophene rings is 1. The van der Waals surface area contributed by atoms with Crippen LogP contribution in [0.2, 0.25) is 0 Å². The van der Waals surface area contributed by atoms with E-state index in [0.29, 0.717) is 12.5 Å². The van der Waals surface area contributed by atoms with Crippen molar-refractivity contribution >= 4 is 17.2 Å². The lowest BCUT2D eigenvalue weighted by atomic mass is 10.0. The van der Waals surface area contributed by atoms with Crippen LogP contribution in [-0.2, 0) is 17.6 Å². The quantitative estimate of drug-likeness (QED) is 0.848. The SMILES string of the molecule is CCc1nccn1C1CCCN(C(=O)CCc2cccs2)C1. The number of aryl methyl sites for hydroxylation is 2. The molecule has 1 unspecified atom stereocenters. The Bertz CT molecular complexity index is 605. The molecule has 0 N–H and O–H groups in total. The van der Waals surface area contributed by atoms with E-state index in [9.17, 15) is 4.79 Å². The fraction of sp³-hybridized carbons (Fsp3) is 0.529. The van der Waals surface area contributed by atoms with Gasteiger partial charge in [0, 0.05) is 43.2 Å². The Labute approximate surface area is 135 Å². The molecule has 22 heavy (non-hydrogen) atoms. The zero-order valence-corrected chi connectivity index (χ0v) is 13.9. The Morgan fingerprint density at radius 1 is 1.50 bits per heavy atom. The van der Waals surface area contributed by atoms with E-state index < -0.39 is 0 Å². The number of aromatic nitrogens is 2. The molecule has 2 aromatic rings. The Morgan fingerprint density at radius 3 is 3.18 bits per heavy atom. The molecule has 3 heterocycles. The van der Waals surface area contributed by atoms with Crippen molar-refractivity contribution in [3.8, 4) is 0 Å². The molecule has 1 amide bonds. The largest absolute Gasteiger partial charge is 0.341 e. The normalized spacial score (nSPS) is 18.6. The summed E-state index contributed by atoms with van der Waals surface area (Å²) in [6.45, 7) is 3.86. The number of nitrogens with zero attached hydrogens (tertiary/aromatic N) is 3. The maximum atomic E-state index is 12.5. The van der Waals surface area contributed by atoms with Crippen LogP contribution in [-0.4, -0.2) is 33.4 Å². The molecule has 1 atom stereocenters. The Hall–Kier alpha value is -1.62. The molecule has 0 aliphatic carbocycles. The van der Waals surface area contributed by atoms with E-state index in [0.717, 1.165) is 44.6 Å². The van der Waals surface area contributed by atoms with Gasteiger partial charge in [-0.2, -0.15) is 0 Å². The van der Waals surface area contributed by atoms with Crippen LogP contribution in [0.3, 0.4) is 0 Å². The molecule has 1 aliphatic heterocycles. The number of carbonyl (C=O) groups excluding carboxylic acids is 1. The second-order valence-corrected chi connectivity index (χ2v) is 6.85. The lowest BCUT2D eigenvalue weighted by Gasteiger charge is -2.34. The Balaban J connectivity index is 1.59. The van der Waals surface area contributed by atoms with Crippen molar-refractivity contribution in [1.29, 1.82) is 0 Å². The maximum absolute atomic E-state index is 12.5. The molecule has 118 valence electrons. The first-order valence-electron chi connectivity index (χ1n) is 8.09. The number of hydrogen-bond acceptors (Lipinski definition) is 3. The van der Waals surface area contributed by atoms with Crippen molar-refractivity contribution in [2.75, 3.05) is 13.1 Å². The summed E-state index contributed by atoms with van der Waals surface area (Å²) in [5, 5.41) is 2.07. The van der Waals surface area contributed by atoms with Crippen LogP contribution in [0.4, 0.5) is 0 Å². The summed E-state index contributed by atoms with van der Waals surface area (Å²) in [7, 11) is 0. The average molecular weight is 317 g/mol. The van der Waals surface area contributed by atoms with E-state index >= 15 is 0 Å². The fourth-order valence-electron chi connectivity index (χ4n) is 3.20. The van der Waals surface area contributed by atoms with Gasteiger partial charge in [-0.15, -0.1) is 11.3 Å². The molecule has 0 saturated carbocycles. The number of rotatable bonds is 5. The molecular formula is C17H23N3OS. The highest BCUT2D eigenvalue weighted by atomic mass is 32.1. The summed E-state index contributed by atoms with van der Waals surface area (Å²) in [4.78, 5) is 20.2. The number of hydrogen-bond donors (Lipinski definition) is 0. The second kappa shape index (κ2) is 7.09. The number of imidazole rings is 1. The van der Waals surface area contributed by atoms with Gasteiger partial charge in [0.2, 0.25) is 5.91 Å². The van der Waals surface area contributed by atoms with Gasteiger partial charge in [-0.1, -0.05) is 13.0 Å². The standard InChI is InChI=1S/C17H23N3OS/c1-2-16-18-9-11-20(16)14-5-3-10-19(13-14)17(21)8-7-15-6-4-12-22-15/h4,6,9,11-12,14H,2-3,5,7-8,10,13H2,1H3. The third-order valence-electron chi connectivity index (χ3n) is 4.37. The van der Waals surface area contributed by atoms with Gasteiger partial charge in [-0.3, -0.25) is 4.79 Å². The summed E-state index contributed by atoms with van der Waals surface area (Å²) in [6, 6.07) is 4.54. The molecule has 0 bridgehead atoms. The van der Waals surface area contributed by atoms with Gasteiger partial charge < -0.3 is 9.47 Å². The van der Waals surface area contributed by atoms with E-state index in [2.05, 4.69) is 34.1 Å². The zero-order chi connectivity index (χ0) is 15.4. The third-order valence-corrected chi connectivity index (χ3v) is 5.31. The number of likely N-dealkylation sites (tertiary alicyclic amines) is 1. The monoisotopic (exact) mass is 317 g/mol. The van der Waals surface area contributed by atoms with E-state index in [4.69, 9.17) is 0 Å². The van der Waals surface area contributed by atoms with Crippen molar-refractivity contribution in [1.82, 2.24) is 14.5 Å². The summed E-state index contributed by atoms with van der Waals surface area (Å²) < 4.78 is 2.26. The first-order chi connectivity index (χ1) is 10.8. The van der Waals surface area contributed by atoms with E-state index in [-0.39, 0.29) is 5.91 Å². The van der Waals surface area contributed by atoms with Crippen LogP contribution in [0.25, 0.3) is 0 Å². The smallest absolute Gasteiger partial charge is 0.223 e. The van der Waals surface area contributed by atoms with Crippen molar-refractivity contribution in [3.63, 3.8) is 0 Å². The summed E-state index contributed by atoms with van der Waals surface area (Å²) >= 11 is 1.73. The molecular weight excluding hydrogens is 294 g/mol. The minimum absolute atomic E-state index is 0.288. The van der Waals surface area contributed by atoms with Crippen LogP contribution in [0.5, 0.6) is 0 Å². The Morgan fingerprint density at radius 2 is 2.41 bits per heavy atom. The molecule has 5 heteroatoms. The van der Waals surface area contributed by atoms with Gasteiger partial charge in [0.05, 0.1) is 6.04 Å². The minimum atomic E-state index is 0.288. The highest BCUT2D eigenvalue weighted by Crippen LogP contribution is 2.24. The lowest BCUT2D eigenvalue weighted by molar-refractivity contribution is -0.132. The summed E-state index contributed by atoms with van der Waals surface area (Å²) in [5.41, 5.74) is 0. The second-order valence-electron chi connectivity index (χ2n) is 5.82. The van der Waals surface area contributed by atoms with Crippen LogP contribution >= 0.6 is 11.3 Å². The zero-order valence-electron chi connectivity index (χ0n) is 13.1. The number of carbonyl (C=O) groups is 1. The summed E-state index contributed by atoms with van der Waals surface area (Å²) in [6.07, 6.45) is 8.57. The minimum Gasteiger partial charge on any atom is -0.341 e. The Kier molecular flexibility index (Phi) is 4.93. The first kappa shape index (κ1) is 15.3. The van der Waals surface area contributed by atoms with Gasteiger partial charge in [0.25, 0.3) is 0 Å². The van der Waals surface area contributed by atoms with E-state index in [1.807, 2.05) is 17.2 Å². The van der Waals surface area contributed by atoms with E-state index in [1.165, 1.54) is 4.88 Å². The highest BCUT2D eigenvalue weighted by Gasteiger charge is 2.25. The van der Waals surface area contributed by atoms with Gasteiger partial charge in [0.1, 0.15) is 5.82 Å². The van der Waals surface area contributed by atoms with Crippen molar-refractivity contribution < 1.29 is 4.79 Å². The maximum Gasteiger partial charge on any atom is 0.223 e. The molecule has 1 fully saturated rings. The first-order valence-corrected chi connectivity index (χ1v) is 8.97. The topological polar surface area (TPSA) is 38.1 Å². The number of amides is 1. The van der Waals surface area contributed by atoms with Gasteiger partial charge in [-0.25, -0.2) is 4.98 Å². The van der Waals surface area contributed by atoms with Crippen LogP contribution < -0.4 is 0 Å². The third kappa shape index (κ3) is 3.40. The van der Waals surface area contributed by atoms with Crippen molar-refractivity contribution in [3.05, 3.63) is 40.6 Å². The fourth-order valence-corrected chi connectivity index (χ4v) is 3.91. The lowest BCUT2D eigenvalue weighted by Crippen LogP contribution is -2.41. The van der Waals surface area contributed by atoms with Gasteiger partial charge in [-0.05, 0) is 30.7 Å². The van der Waals surface area contributed by atoms with Gasteiger partial charge in [0.15, 0.2) is 0 Å². The molecule has 4 nitrogen and oxygen atoms in total. The molecule has 0 spiro atoms. The van der Waals surface area contributed by atoms with Crippen LogP contribution in [0, 0.1) is 0 Å². The molecule has 2 aromatic heterocycles. The van der Waals surface area contributed by atoms with Crippen LogP contribution in [0.15, 0.2) is 29.9 Å². The molecule has 0 aromatic carbocycles.